The van der Waals surface area contributed by atoms with Gasteiger partial charge >= 0.3 is 0 Å². The van der Waals surface area contributed by atoms with E-state index >= 15 is 0 Å². The van der Waals surface area contributed by atoms with Crippen LogP contribution < -0.4 is 10.6 Å². The van der Waals surface area contributed by atoms with Gasteiger partial charge in [-0.3, -0.25) is 0 Å². The lowest BCUT2D eigenvalue weighted by atomic mass is 10.3. The van der Waals surface area contributed by atoms with Crippen molar-refractivity contribution in [1.29, 1.82) is 0 Å². The van der Waals surface area contributed by atoms with Crippen LogP contribution in [0, 0.1) is 0 Å². The summed E-state index contributed by atoms with van der Waals surface area (Å²) in [5.74, 6) is 0. The molecule has 2 aromatic rings. The number of hydrogen-bond acceptors (Lipinski definition) is 3. The molecule has 3 nitrogen and oxygen atoms in total. The summed E-state index contributed by atoms with van der Waals surface area (Å²) in [5, 5.41) is 8.16. The van der Waals surface area contributed by atoms with Crippen LogP contribution in [0.15, 0.2) is 18.2 Å². The zero-order valence-corrected chi connectivity index (χ0v) is 11.8. The minimum atomic E-state index is 0.299. The lowest BCUT2D eigenvalue weighted by Gasteiger charge is -2.10. The highest BCUT2D eigenvalue weighted by Gasteiger charge is 2.08. The third-order valence-electron chi connectivity index (χ3n) is 2.01. The Labute approximate surface area is 114 Å². The molecule has 0 fully saturated rings. The summed E-state index contributed by atoms with van der Waals surface area (Å²) in [6.07, 6.45) is 0. The molecule has 0 unspecified atom stereocenters. The number of nitrogens with zero attached hydrogens (tertiary/aromatic N) is 1. The van der Waals surface area contributed by atoms with Crippen LogP contribution in [0.2, 0.25) is 5.02 Å². The number of halogens is 1. The summed E-state index contributed by atoms with van der Waals surface area (Å²) in [6, 6.07) is 6.03. The van der Waals surface area contributed by atoms with E-state index in [0.717, 1.165) is 15.3 Å². The number of thiocarbonyl (C=S) groups is 1. The Morgan fingerprint density at radius 1 is 1.47 bits per heavy atom. The van der Waals surface area contributed by atoms with Crippen LogP contribution in [0.1, 0.15) is 13.8 Å². The molecule has 1 aromatic heterocycles. The molecule has 90 valence electrons. The molecule has 0 bridgehead atoms. The fraction of sp³-hybridized carbons (Fsp3) is 0.273. The SMILES string of the molecule is CC(C)NC(=S)Nc1nc2c(Cl)cccc2s1. The average molecular weight is 286 g/mol. The minimum absolute atomic E-state index is 0.299. The molecule has 1 heterocycles. The second kappa shape index (κ2) is 5.16. The summed E-state index contributed by atoms with van der Waals surface area (Å²) in [7, 11) is 0. The van der Waals surface area contributed by atoms with Crippen LogP contribution in [-0.4, -0.2) is 16.1 Å². The Kier molecular flexibility index (Phi) is 3.81. The number of nitrogens with one attached hydrogen (secondary N) is 2. The fourth-order valence-electron chi connectivity index (χ4n) is 1.36. The van der Waals surface area contributed by atoms with Gasteiger partial charge in [0.05, 0.1) is 9.72 Å². The van der Waals surface area contributed by atoms with E-state index in [1.165, 1.54) is 11.3 Å². The van der Waals surface area contributed by atoms with E-state index in [-0.39, 0.29) is 0 Å². The molecule has 0 amide bonds. The number of anilines is 1. The van der Waals surface area contributed by atoms with E-state index in [4.69, 9.17) is 23.8 Å². The number of thiazole rings is 1. The Hall–Kier alpha value is -0.910. The molecule has 0 aliphatic rings. The van der Waals surface area contributed by atoms with Gasteiger partial charge < -0.3 is 10.6 Å². The van der Waals surface area contributed by atoms with Crippen LogP contribution in [-0.2, 0) is 0 Å². The maximum Gasteiger partial charge on any atom is 0.190 e. The Bertz CT molecular complexity index is 551. The van der Waals surface area contributed by atoms with Gasteiger partial charge in [-0.25, -0.2) is 4.98 Å². The molecule has 0 saturated heterocycles. The summed E-state index contributed by atoms with van der Waals surface area (Å²) in [5.41, 5.74) is 0.814. The average Bonchev–Trinajstić information content (AvgIpc) is 2.60. The van der Waals surface area contributed by atoms with Gasteiger partial charge in [0.25, 0.3) is 0 Å². The van der Waals surface area contributed by atoms with E-state index in [1.54, 1.807) is 0 Å². The predicted molar refractivity (Wildman–Crippen MR) is 79.1 cm³/mol. The normalized spacial score (nSPS) is 10.8. The van der Waals surface area contributed by atoms with Gasteiger partial charge in [-0.05, 0) is 38.2 Å². The van der Waals surface area contributed by atoms with E-state index in [9.17, 15) is 0 Å². The summed E-state index contributed by atoms with van der Waals surface area (Å²) in [4.78, 5) is 4.41. The topological polar surface area (TPSA) is 37.0 Å². The largest absolute Gasteiger partial charge is 0.360 e. The molecule has 0 atom stereocenters. The van der Waals surface area contributed by atoms with Crippen molar-refractivity contribution in [3.05, 3.63) is 23.2 Å². The molecule has 0 spiro atoms. The molecule has 0 saturated carbocycles. The highest BCUT2D eigenvalue weighted by atomic mass is 35.5. The highest BCUT2D eigenvalue weighted by Crippen LogP contribution is 2.30. The van der Waals surface area contributed by atoms with Gasteiger partial charge in [0.15, 0.2) is 10.2 Å². The third-order valence-corrected chi connectivity index (χ3v) is 3.47. The number of aromatic nitrogens is 1. The Morgan fingerprint density at radius 3 is 2.88 bits per heavy atom. The highest BCUT2D eigenvalue weighted by molar-refractivity contribution is 7.80. The smallest absolute Gasteiger partial charge is 0.190 e. The van der Waals surface area contributed by atoms with E-state index in [0.29, 0.717) is 16.2 Å². The van der Waals surface area contributed by atoms with Gasteiger partial charge in [-0.1, -0.05) is 29.0 Å². The van der Waals surface area contributed by atoms with Gasteiger partial charge in [0.1, 0.15) is 5.52 Å². The summed E-state index contributed by atoms with van der Waals surface area (Å²) < 4.78 is 1.05. The molecule has 0 aliphatic carbocycles. The first-order valence-electron chi connectivity index (χ1n) is 5.19. The van der Waals surface area contributed by atoms with Crippen molar-refractivity contribution in [2.75, 3.05) is 5.32 Å². The number of benzene rings is 1. The van der Waals surface area contributed by atoms with Crippen molar-refractivity contribution in [2.24, 2.45) is 0 Å². The lowest BCUT2D eigenvalue weighted by Crippen LogP contribution is -2.33. The quantitative estimate of drug-likeness (QED) is 0.826. The van der Waals surface area contributed by atoms with Gasteiger partial charge in [-0.15, -0.1) is 0 Å². The maximum absolute atomic E-state index is 6.06. The van der Waals surface area contributed by atoms with Crippen LogP contribution in [0.3, 0.4) is 0 Å². The standard InChI is InChI=1S/C11H12ClN3S2/c1-6(2)13-10(16)15-11-14-9-7(12)4-3-5-8(9)17-11/h3-6H,1-2H3,(H2,13,14,15,16). The lowest BCUT2D eigenvalue weighted by molar-refractivity contribution is 0.739. The number of rotatable bonds is 2. The molecular weight excluding hydrogens is 274 g/mol. The van der Waals surface area contributed by atoms with Crippen molar-refractivity contribution >= 4 is 55.6 Å². The summed E-state index contributed by atoms with van der Waals surface area (Å²) in [6.45, 7) is 4.06. The first-order chi connectivity index (χ1) is 8.06. The number of fused-ring (bicyclic) bond motifs is 1. The van der Waals surface area contributed by atoms with Crippen LogP contribution in [0.5, 0.6) is 0 Å². The molecule has 1 aromatic carbocycles. The van der Waals surface area contributed by atoms with Crippen LogP contribution in [0.25, 0.3) is 10.2 Å². The molecular formula is C11H12ClN3S2. The maximum atomic E-state index is 6.06. The Morgan fingerprint density at radius 2 is 2.24 bits per heavy atom. The molecule has 0 radical (unpaired) electrons. The monoisotopic (exact) mass is 285 g/mol. The van der Waals surface area contributed by atoms with Crippen LogP contribution in [0.4, 0.5) is 5.13 Å². The Balaban J connectivity index is 2.20. The van der Waals surface area contributed by atoms with Crippen LogP contribution >= 0.6 is 35.2 Å². The van der Waals surface area contributed by atoms with Gasteiger partial charge in [0, 0.05) is 6.04 Å². The number of para-hydroxylation sites is 1. The second-order valence-corrected chi connectivity index (χ2v) is 5.70. The van der Waals surface area contributed by atoms with E-state index in [1.807, 2.05) is 32.0 Å². The third kappa shape index (κ3) is 3.06. The molecule has 2 rings (SSSR count). The molecule has 6 heteroatoms. The van der Waals surface area contributed by atoms with Crippen molar-refractivity contribution in [3.8, 4) is 0 Å². The van der Waals surface area contributed by atoms with Crippen molar-refractivity contribution in [1.82, 2.24) is 10.3 Å². The predicted octanol–water partition coefficient (Wildman–Crippen LogP) is 3.64. The zero-order chi connectivity index (χ0) is 12.4. The van der Waals surface area contributed by atoms with E-state index < -0.39 is 0 Å². The molecule has 17 heavy (non-hydrogen) atoms. The van der Waals surface area contributed by atoms with Crippen molar-refractivity contribution < 1.29 is 0 Å². The first-order valence-corrected chi connectivity index (χ1v) is 6.79. The van der Waals surface area contributed by atoms with Crippen molar-refractivity contribution in [2.45, 2.75) is 19.9 Å². The molecule has 2 N–H and O–H groups in total. The van der Waals surface area contributed by atoms with Gasteiger partial charge in [0.2, 0.25) is 0 Å². The second-order valence-electron chi connectivity index (χ2n) is 3.86. The van der Waals surface area contributed by atoms with Gasteiger partial charge in [-0.2, -0.15) is 0 Å². The minimum Gasteiger partial charge on any atom is -0.360 e. The number of hydrogen-bond donors (Lipinski definition) is 2. The van der Waals surface area contributed by atoms with Crippen molar-refractivity contribution in [3.63, 3.8) is 0 Å². The zero-order valence-electron chi connectivity index (χ0n) is 9.45. The fourth-order valence-corrected chi connectivity index (χ4v) is 2.93. The molecule has 0 aliphatic heterocycles. The first kappa shape index (κ1) is 12.5. The van der Waals surface area contributed by atoms with E-state index in [2.05, 4.69) is 15.6 Å². The summed E-state index contributed by atoms with van der Waals surface area (Å²) >= 11 is 12.8.